The van der Waals surface area contributed by atoms with Gasteiger partial charge in [0.1, 0.15) is 11.5 Å². The molecule has 7 nitrogen and oxygen atoms in total. The average molecular weight is 361 g/mol. The van der Waals surface area contributed by atoms with Gasteiger partial charge in [-0.05, 0) is 44.2 Å². The van der Waals surface area contributed by atoms with Gasteiger partial charge in [-0.3, -0.25) is 0 Å². The maximum atomic E-state index is 11.9. The van der Waals surface area contributed by atoms with Crippen LogP contribution in [0.25, 0.3) is 11.3 Å². The number of furan rings is 1. The van der Waals surface area contributed by atoms with Gasteiger partial charge in [-0.1, -0.05) is 0 Å². The number of rotatable bonds is 7. The maximum absolute atomic E-state index is 11.9. The maximum Gasteiger partial charge on any atom is 0.337 e. The molecule has 2 aromatic rings. The molecule has 0 spiro atoms. The smallest absolute Gasteiger partial charge is 0.337 e. The Morgan fingerprint density at radius 1 is 1.08 bits per heavy atom. The molecular weight excluding hydrogens is 338 g/mol. The first-order valence-electron chi connectivity index (χ1n) is 8.06. The van der Waals surface area contributed by atoms with Crippen molar-refractivity contribution in [1.82, 2.24) is 5.32 Å². The minimum absolute atomic E-state index is 0.00969. The van der Waals surface area contributed by atoms with E-state index in [2.05, 4.69) is 5.32 Å². The Hall–Kier alpha value is -2.64. The zero-order chi connectivity index (χ0) is 19.3. The fourth-order valence-electron chi connectivity index (χ4n) is 2.25. The van der Waals surface area contributed by atoms with E-state index < -0.39 is 17.5 Å². The summed E-state index contributed by atoms with van der Waals surface area (Å²) in [4.78, 5) is 23.7. The van der Waals surface area contributed by atoms with Gasteiger partial charge in [0.15, 0.2) is 0 Å². The SMILES string of the molecule is COC(=O)c1cc(C(=O)OC)cc(-c2ccc(CNC(C)(C)CO)o2)c1. The van der Waals surface area contributed by atoms with Gasteiger partial charge in [-0.2, -0.15) is 0 Å². The first-order valence-corrected chi connectivity index (χ1v) is 8.06. The first-order chi connectivity index (χ1) is 12.3. The highest BCUT2D eigenvalue weighted by Crippen LogP contribution is 2.26. The van der Waals surface area contributed by atoms with Crippen LogP contribution in [0.1, 0.15) is 40.3 Å². The van der Waals surface area contributed by atoms with Crippen molar-refractivity contribution < 1.29 is 28.6 Å². The molecule has 0 radical (unpaired) electrons. The second-order valence-corrected chi connectivity index (χ2v) is 6.44. The van der Waals surface area contributed by atoms with Crippen LogP contribution < -0.4 is 5.32 Å². The molecule has 140 valence electrons. The van der Waals surface area contributed by atoms with Gasteiger partial charge < -0.3 is 24.3 Å². The minimum atomic E-state index is -0.560. The molecule has 0 atom stereocenters. The van der Waals surface area contributed by atoms with Crippen molar-refractivity contribution >= 4 is 11.9 Å². The molecule has 0 aliphatic rings. The molecule has 0 aliphatic carbocycles. The van der Waals surface area contributed by atoms with Crippen LogP contribution in [0.15, 0.2) is 34.7 Å². The highest BCUT2D eigenvalue weighted by atomic mass is 16.5. The van der Waals surface area contributed by atoms with Gasteiger partial charge in [0.05, 0.1) is 38.5 Å². The monoisotopic (exact) mass is 361 g/mol. The third kappa shape index (κ3) is 4.71. The van der Waals surface area contributed by atoms with E-state index in [-0.39, 0.29) is 17.7 Å². The van der Waals surface area contributed by atoms with Crippen LogP contribution in [0.4, 0.5) is 0 Å². The molecule has 0 saturated carbocycles. The number of aliphatic hydroxyl groups is 1. The highest BCUT2D eigenvalue weighted by molar-refractivity contribution is 5.97. The molecule has 0 saturated heterocycles. The van der Waals surface area contributed by atoms with Crippen LogP contribution in [-0.2, 0) is 16.0 Å². The zero-order valence-electron chi connectivity index (χ0n) is 15.3. The molecule has 1 heterocycles. The molecule has 2 N–H and O–H groups in total. The Bertz CT molecular complexity index is 759. The molecule has 2 rings (SSSR count). The molecule has 1 aromatic carbocycles. The lowest BCUT2D eigenvalue weighted by Crippen LogP contribution is -2.41. The fraction of sp³-hybridized carbons (Fsp3) is 0.368. The summed E-state index contributed by atoms with van der Waals surface area (Å²) in [6.45, 7) is 4.16. The quantitative estimate of drug-likeness (QED) is 0.731. The van der Waals surface area contributed by atoms with Crippen molar-refractivity contribution in [3.05, 3.63) is 47.2 Å². The number of carbonyl (C=O) groups is 2. The molecule has 0 bridgehead atoms. The lowest BCUT2D eigenvalue weighted by atomic mass is 10.0. The summed E-state index contributed by atoms with van der Waals surface area (Å²) in [5.74, 6) is 0.0365. The lowest BCUT2D eigenvalue weighted by molar-refractivity contribution is 0.0599. The van der Waals surface area contributed by atoms with Crippen LogP contribution in [-0.4, -0.2) is 43.4 Å². The highest BCUT2D eigenvalue weighted by Gasteiger charge is 2.18. The van der Waals surface area contributed by atoms with Gasteiger partial charge in [-0.25, -0.2) is 9.59 Å². The molecular formula is C19H23NO6. The van der Waals surface area contributed by atoms with E-state index in [9.17, 15) is 14.7 Å². The summed E-state index contributed by atoms with van der Waals surface area (Å²) in [5.41, 5.74) is 0.572. The molecule has 0 amide bonds. The van der Waals surface area contributed by atoms with E-state index in [1.165, 1.54) is 20.3 Å². The largest absolute Gasteiger partial charge is 0.465 e. The average Bonchev–Trinajstić information content (AvgIpc) is 3.14. The van der Waals surface area contributed by atoms with Gasteiger partial charge in [0.25, 0.3) is 0 Å². The summed E-state index contributed by atoms with van der Waals surface area (Å²) in [6.07, 6.45) is 0. The number of hydrogen-bond donors (Lipinski definition) is 2. The molecule has 26 heavy (non-hydrogen) atoms. The molecule has 0 fully saturated rings. The second kappa shape index (κ2) is 8.16. The van der Waals surface area contributed by atoms with Crippen LogP contribution in [0.3, 0.4) is 0 Å². The summed E-state index contributed by atoms with van der Waals surface area (Å²) < 4.78 is 15.3. The van der Waals surface area contributed by atoms with Gasteiger partial charge in [0.2, 0.25) is 0 Å². The molecule has 0 aliphatic heterocycles. The summed E-state index contributed by atoms with van der Waals surface area (Å²) in [5, 5.41) is 12.5. The van der Waals surface area contributed by atoms with E-state index in [4.69, 9.17) is 13.9 Å². The number of methoxy groups -OCH3 is 2. The summed E-state index contributed by atoms with van der Waals surface area (Å²) in [6, 6.07) is 8.13. The predicted octanol–water partition coefficient (Wildman–Crippen LogP) is 2.38. The molecule has 1 aromatic heterocycles. The zero-order valence-corrected chi connectivity index (χ0v) is 15.3. The number of nitrogens with one attached hydrogen (secondary N) is 1. The number of ether oxygens (including phenoxy) is 2. The molecule has 0 unspecified atom stereocenters. The van der Waals surface area contributed by atoms with Crippen LogP contribution in [0, 0.1) is 0 Å². The fourth-order valence-corrected chi connectivity index (χ4v) is 2.25. The van der Waals surface area contributed by atoms with Gasteiger partial charge in [-0.15, -0.1) is 0 Å². The third-order valence-electron chi connectivity index (χ3n) is 3.86. The number of aliphatic hydroxyl groups excluding tert-OH is 1. The standard InChI is InChI=1S/C19H23NO6/c1-19(2,11-21)20-10-15-5-6-16(26-15)12-7-13(17(22)24-3)9-14(8-12)18(23)25-4/h5-9,20-21H,10-11H2,1-4H3. The van der Waals surface area contributed by atoms with Crippen LogP contribution >= 0.6 is 0 Å². The Labute approximate surface area is 151 Å². The first kappa shape index (κ1) is 19.7. The van der Waals surface area contributed by atoms with Crippen molar-refractivity contribution in [3.8, 4) is 11.3 Å². The number of hydrogen-bond acceptors (Lipinski definition) is 7. The van der Waals surface area contributed by atoms with Gasteiger partial charge >= 0.3 is 11.9 Å². The van der Waals surface area contributed by atoms with Crippen molar-refractivity contribution in [2.24, 2.45) is 0 Å². The van der Waals surface area contributed by atoms with Gasteiger partial charge in [0, 0.05) is 11.1 Å². The summed E-state index contributed by atoms with van der Waals surface area (Å²) in [7, 11) is 2.54. The second-order valence-electron chi connectivity index (χ2n) is 6.44. The van der Waals surface area contributed by atoms with E-state index in [0.29, 0.717) is 23.6 Å². The van der Waals surface area contributed by atoms with Crippen molar-refractivity contribution in [3.63, 3.8) is 0 Å². The van der Waals surface area contributed by atoms with E-state index >= 15 is 0 Å². The predicted molar refractivity (Wildman–Crippen MR) is 94.8 cm³/mol. The van der Waals surface area contributed by atoms with Crippen LogP contribution in [0.5, 0.6) is 0 Å². The van der Waals surface area contributed by atoms with E-state index in [0.717, 1.165) is 0 Å². The number of carbonyl (C=O) groups excluding carboxylic acids is 2. The summed E-state index contributed by atoms with van der Waals surface area (Å²) >= 11 is 0. The number of esters is 2. The Morgan fingerprint density at radius 2 is 1.65 bits per heavy atom. The number of benzene rings is 1. The van der Waals surface area contributed by atoms with E-state index in [1.54, 1.807) is 24.3 Å². The van der Waals surface area contributed by atoms with Crippen molar-refractivity contribution in [2.45, 2.75) is 25.9 Å². The topological polar surface area (TPSA) is 98.0 Å². The normalized spacial score (nSPS) is 11.3. The van der Waals surface area contributed by atoms with Crippen molar-refractivity contribution in [1.29, 1.82) is 0 Å². The van der Waals surface area contributed by atoms with E-state index in [1.807, 2.05) is 13.8 Å². The Morgan fingerprint density at radius 3 is 2.15 bits per heavy atom. The lowest BCUT2D eigenvalue weighted by Gasteiger charge is -2.22. The molecule has 7 heteroatoms. The Kier molecular flexibility index (Phi) is 6.18. The Balaban J connectivity index is 2.32. The van der Waals surface area contributed by atoms with Crippen molar-refractivity contribution in [2.75, 3.05) is 20.8 Å². The third-order valence-corrected chi connectivity index (χ3v) is 3.86. The minimum Gasteiger partial charge on any atom is -0.465 e. The van der Waals surface area contributed by atoms with Crippen LogP contribution in [0.2, 0.25) is 0 Å².